The molecule has 2 heteroatoms. The highest BCUT2D eigenvalue weighted by atomic mass is 15.1. The fourth-order valence-electron chi connectivity index (χ4n) is 5.95. The molecular formula is C33H37N2+. The average molecular weight is 462 g/mol. The third-order valence-corrected chi connectivity index (χ3v) is 7.83. The molecule has 3 aromatic carbocycles. The molecule has 1 aromatic heterocycles. The van der Waals surface area contributed by atoms with Gasteiger partial charge in [-0.1, -0.05) is 85.8 Å². The van der Waals surface area contributed by atoms with Gasteiger partial charge in [-0.05, 0) is 54.3 Å². The van der Waals surface area contributed by atoms with E-state index in [9.17, 15) is 0 Å². The lowest BCUT2D eigenvalue weighted by Crippen LogP contribution is -2.41. The summed E-state index contributed by atoms with van der Waals surface area (Å²) in [6.07, 6.45) is 6.85. The van der Waals surface area contributed by atoms with Gasteiger partial charge in [0.1, 0.15) is 0 Å². The SMILES string of the molecule is C=CC1CN(Cc2ccccc2)CCC1C(C)Cc1cc[n+](Cc2ccccc2)c2ccccc12. The summed E-state index contributed by atoms with van der Waals surface area (Å²) in [5, 5.41) is 1.38. The minimum Gasteiger partial charge on any atom is -0.298 e. The molecule has 35 heavy (non-hydrogen) atoms. The topological polar surface area (TPSA) is 7.12 Å². The third kappa shape index (κ3) is 5.55. The summed E-state index contributed by atoms with van der Waals surface area (Å²) in [5.74, 6) is 1.83. The Labute approximate surface area is 210 Å². The number of pyridine rings is 1. The fraction of sp³-hybridized carbons (Fsp3) is 0.303. The second-order valence-corrected chi connectivity index (χ2v) is 10.2. The zero-order valence-corrected chi connectivity index (χ0v) is 20.9. The Hall–Kier alpha value is -3.23. The van der Waals surface area contributed by atoms with Crippen LogP contribution in [0.4, 0.5) is 0 Å². The van der Waals surface area contributed by atoms with E-state index in [4.69, 9.17) is 0 Å². The molecular weight excluding hydrogens is 424 g/mol. The molecule has 5 rings (SSSR count). The Morgan fingerprint density at radius 2 is 1.60 bits per heavy atom. The summed E-state index contributed by atoms with van der Waals surface area (Å²) in [6.45, 7) is 10.9. The highest BCUT2D eigenvalue weighted by molar-refractivity contribution is 5.79. The number of likely N-dealkylation sites (tertiary alicyclic amines) is 1. The molecule has 0 radical (unpaired) electrons. The first kappa shape index (κ1) is 23.5. The van der Waals surface area contributed by atoms with Crippen LogP contribution in [0, 0.1) is 17.8 Å². The van der Waals surface area contributed by atoms with Gasteiger partial charge in [0.25, 0.3) is 0 Å². The Bertz CT molecular complexity index is 1250. The highest BCUT2D eigenvalue weighted by Crippen LogP contribution is 2.34. The molecule has 178 valence electrons. The van der Waals surface area contributed by atoms with Crippen LogP contribution in [-0.4, -0.2) is 18.0 Å². The van der Waals surface area contributed by atoms with Crippen LogP contribution >= 0.6 is 0 Å². The summed E-state index contributed by atoms with van der Waals surface area (Å²) < 4.78 is 2.38. The molecule has 1 aliphatic heterocycles. The molecule has 3 unspecified atom stereocenters. The predicted octanol–water partition coefficient (Wildman–Crippen LogP) is 6.68. The number of para-hydroxylation sites is 1. The molecule has 4 aromatic rings. The second-order valence-electron chi connectivity index (χ2n) is 10.2. The third-order valence-electron chi connectivity index (χ3n) is 7.83. The van der Waals surface area contributed by atoms with Gasteiger partial charge in [0.15, 0.2) is 12.7 Å². The highest BCUT2D eigenvalue weighted by Gasteiger charge is 2.31. The van der Waals surface area contributed by atoms with Crippen molar-refractivity contribution in [3.63, 3.8) is 0 Å². The largest absolute Gasteiger partial charge is 0.298 e. The second kappa shape index (κ2) is 11.0. The number of fused-ring (bicyclic) bond motifs is 1. The Morgan fingerprint density at radius 1 is 0.914 bits per heavy atom. The maximum atomic E-state index is 4.24. The van der Waals surface area contributed by atoms with Gasteiger partial charge in [0, 0.05) is 36.2 Å². The molecule has 0 bridgehead atoms. The average Bonchev–Trinajstić information content (AvgIpc) is 2.91. The molecule has 0 N–H and O–H groups in total. The van der Waals surface area contributed by atoms with Crippen LogP contribution in [0.15, 0.2) is 110 Å². The monoisotopic (exact) mass is 461 g/mol. The lowest BCUT2D eigenvalue weighted by Gasteiger charge is -2.40. The van der Waals surface area contributed by atoms with E-state index in [2.05, 4.69) is 126 Å². The van der Waals surface area contributed by atoms with Gasteiger partial charge in [0.05, 0.1) is 0 Å². The molecule has 0 aliphatic carbocycles. The van der Waals surface area contributed by atoms with Crippen molar-refractivity contribution in [2.24, 2.45) is 17.8 Å². The maximum Gasteiger partial charge on any atom is 0.213 e. The van der Waals surface area contributed by atoms with Crippen molar-refractivity contribution in [1.82, 2.24) is 4.90 Å². The lowest BCUT2D eigenvalue weighted by molar-refractivity contribution is -0.662. The first-order valence-electron chi connectivity index (χ1n) is 13.0. The van der Waals surface area contributed by atoms with Gasteiger partial charge < -0.3 is 0 Å². The van der Waals surface area contributed by atoms with E-state index in [1.165, 1.54) is 40.6 Å². The van der Waals surface area contributed by atoms with E-state index >= 15 is 0 Å². The molecule has 2 nitrogen and oxygen atoms in total. The van der Waals surface area contributed by atoms with E-state index < -0.39 is 0 Å². The first-order valence-corrected chi connectivity index (χ1v) is 13.0. The molecule has 0 saturated carbocycles. The number of rotatable bonds is 8. The quantitative estimate of drug-likeness (QED) is 0.210. The summed E-state index contributed by atoms with van der Waals surface area (Å²) in [5.41, 5.74) is 5.52. The van der Waals surface area contributed by atoms with Gasteiger partial charge in [-0.25, -0.2) is 0 Å². The Morgan fingerprint density at radius 3 is 2.34 bits per heavy atom. The maximum absolute atomic E-state index is 4.24. The lowest BCUT2D eigenvalue weighted by atomic mass is 9.75. The number of aromatic nitrogens is 1. The van der Waals surface area contributed by atoms with Crippen molar-refractivity contribution in [1.29, 1.82) is 0 Å². The number of benzene rings is 3. The van der Waals surface area contributed by atoms with E-state index in [0.29, 0.717) is 17.8 Å². The van der Waals surface area contributed by atoms with E-state index in [1.54, 1.807) is 0 Å². The normalized spacial score (nSPS) is 19.5. The molecule has 1 fully saturated rings. The predicted molar refractivity (Wildman–Crippen MR) is 146 cm³/mol. The summed E-state index contributed by atoms with van der Waals surface area (Å²) in [4.78, 5) is 2.61. The van der Waals surface area contributed by atoms with E-state index in [0.717, 1.165) is 26.1 Å². The van der Waals surface area contributed by atoms with Crippen LogP contribution in [0.3, 0.4) is 0 Å². The standard InChI is InChI=1S/C33H37N2/c1-3-29-25-34(23-27-12-6-4-7-13-27)20-19-31(29)26(2)22-30-18-21-35(24-28-14-8-5-9-15-28)33-17-11-10-16-32(30)33/h3-18,21,26,29,31H,1,19-20,22-25H2,2H3/q+1. The molecule has 0 spiro atoms. The van der Waals surface area contributed by atoms with Gasteiger partial charge in [0.2, 0.25) is 5.52 Å². The number of hydrogen-bond acceptors (Lipinski definition) is 1. The van der Waals surface area contributed by atoms with Gasteiger partial charge in [-0.3, -0.25) is 4.90 Å². The summed E-state index contributed by atoms with van der Waals surface area (Å²) >= 11 is 0. The van der Waals surface area contributed by atoms with Crippen LogP contribution in [0.5, 0.6) is 0 Å². The van der Waals surface area contributed by atoms with E-state index in [1.807, 2.05) is 0 Å². The summed E-state index contributed by atoms with van der Waals surface area (Å²) in [7, 11) is 0. The van der Waals surface area contributed by atoms with Crippen molar-refractivity contribution in [3.05, 3.63) is 127 Å². The minimum absolute atomic E-state index is 0.542. The van der Waals surface area contributed by atoms with Crippen molar-refractivity contribution in [2.45, 2.75) is 32.9 Å². The molecule has 1 saturated heterocycles. The van der Waals surface area contributed by atoms with E-state index in [-0.39, 0.29) is 0 Å². The number of nitrogens with zero attached hydrogens (tertiary/aromatic N) is 2. The zero-order valence-electron chi connectivity index (χ0n) is 20.9. The molecule has 3 atom stereocenters. The van der Waals surface area contributed by atoms with Crippen LogP contribution in [0.2, 0.25) is 0 Å². The fourth-order valence-corrected chi connectivity index (χ4v) is 5.95. The minimum atomic E-state index is 0.542. The van der Waals surface area contributed by atoms with Gasteiger partial charge >= 0.3 is 0 Å². The van der Waals surface area contributed by atoms with Crippen LogP contribution in [-0.2, 0) is 19.5 Å². The molecule has 2 heterocycles. The van der Waals surface area contributed by atoms with Crippen LogP contribution in [0.1, 0.15) is 30.0 Å². The van der Waals surface area contributed by atoms with Crippen LogP contribution in [0.25, 0.3) is 10.9 Å². The van der Waals surface area contributed by atoms with Crippen LogP contribution < -0.4 is 4.57 Å². The smallest absolute Gasteiger partial charge is 0.213 e. The van der Waals surface area contributed by atoms with Crippen molar-refractivity contribution in [3.8, 4) is 0 Å². The molecule has 0 amide bonds. The van der Waals surface area contributed by atoms with Gasteiger partial charge in [-0.2, -0.15) is 4.57 Å². The van der Waals surface area contributed by atoms with Crippen molar-refractivity contribution < 1.29 is 4.57 Å². The molecule has 1 aliphatic rings. The van der Waals surface area contributed by atoms with Gasteiger partial charge in [-0.15, -0.1) is 6.58 Å². The first-order chi connectivity index (χ1) is 17.2. The van der Waals surface area contributed by atoms with Crippen molar-refractivity contribution >= 4 is 10.9 Å². The Balaban J connectivity index is 1.31. The number of hydrogen-bond donors (Lipinski definition) is 0. The zero-order chi connectivity index (χ0) is 24.0. The van der Waals surface area contributed by atoms with Crippen molar-refractivity contribution in [2.75, 3.05) is 13.1 Å². The Kier molecular flexibility index (Phi) is 7.39. The summed E-state index contributed by atoms with van der Waals surface area (Å²) in [6, 6.07) is 32.9. The number of piperidine rings is 1.